The second kappa shape index (κ2) is 4.97. The summed E-state index contributed by atoms with van der Waals surface area (Å²) in [6.07, 6.45) is 2.66. The zero-order valence-electron chi connectivity index (χ0n) is 9.46. The third-order valence-electron chi connectivity index (χ3n) is 2.19. The topological polar surface area (TPSA) is 76.0 Å². The van der Waals surface area contributed by atoms with Crippen LogP contribution in [-0.2, 0) is 17.1 Å². The molecule has 2 aromatic rings. The molecule has 0 amide bonds. The zero-order chi connectivity index (χ0) is 13.2. The summed E-state index contributed by atoms with van der Waals surface area (Å²) in [5.41, 5.74) is 3.03. The summed E-state index contributed by atoms with van der Waals surface area (Å²) in [5.74, 6) is 0. The van der Waals surface area contributed by atoms with E-state index in [1.54, 1.807) is 31.3 Å². The Morgan fingerprint density at radius 3 is 2.67 bits per heavy atom. The van der Waals surface area contributed by atoms with Gasteiger partial charge in [0.25, 0.3) is 10.0 Å². The summed E-state index contributed by atoms with van der Waals surface area (Å²) in [5, 5.41) is 4.22. The van der Waals surface area contributed by atoms with E-state index in [1.807, 2.05) is 0 Å². The van der Waals surface area contributed by atoms with Crippen molar-refractivity contribution in [2.45, 2.75) is 4.90 Å². The molecule has 0 aliphatic rings. The molecule has 0 aliphatic carbocycles. The van der Waals surface area contributed by atoms with Gasteiger partial charge in [-0.05, 0) is 12.1 Å². The van der Waals surface area contributed by atoms with Crippen molar-refractivity contribution in [2.75, 3.05) is 5.43 Å². The van der Waals surface area contributed by atoms with Crippen LogP contribution in [0.15, 0.2) is 41.6 Å². The molecule has 0 unspecified atom stereocenters. The van der Waals surface area contributed by atoms with Crippen molar-refractivity contribution >= 4 is 27.3 Å². The highest BCUT2D eigenvalue weighted by Crippen LogP contribution is 2.19. The summed E-state index contributed by atoms with van der Waals surface area (Å²) in [7, 11) is -2.02. The van der Waals surface area contributed by atoms with Gasteiger partial charge < -0.3 is 5.43 Å². The Bertz CT molecular complexity index is 653. The highest BCUT2D eigenvalue weighted by Gasteiger charge is 2.15. The first-order chi connectivity index (χ1) is 8.49. The van der Waals surface area contributed by atoms with E-state index >= 15 is 0 Å². The number of hydrogen-bond donors (Lipinski definition) is 2. The molecule has 1 aromatic carbocycles. The molecular weight excluding hydrogens is 276 g/mol. The number of hydrogen-bond acceptors (Lipinski definition) is 4. The number of anilines is 1. The molecule has 2 rings (SSSR count). The minimum Gasteiger partial charge on any atom is -0.306 e. The van der Waals surface area contributed by atoms with E-state index in [-0.39, 0.29) is 4.90 Å². The van der Waals surface area contributed by atoms with E-state index in [0.29, 0.717) is 10.7 Å². The van der Waals surface area contributed by atoms with E-state index in [2.05, 4.69) is 15.4 Å². The minimum absolute atomic E-state index is 0.0737. The van der Waals surface area contributed by atoms with Gasteiger partial charge in [0, 0.05) is 13.2 Å². The number of hydrazine groups is 1. The van der Waals surface area contributed by atoms with Gasteiger partial charge >= 0.3 is 0 Å². The lowest BCUT2D eigenvalue weighted by Gasteiger charge is -2.09. The molecule has 0 bridgehead atoms. The third kappa shape index (κ3) is 2.81. The van der Waals surface area contributed by atoms with Crippen molar-refractivity contribution in [3.05, 3.63) is 41.7 Å². The molecule has 0 spiro atoms. The summed E-state index contributed by atoms with van der Waals surface area (Å²) in [4.78, 5) is 2.30. The lowest BCUT2D eigenvalue weighted by molar-refractivity contribution is 0.587. The average molecular weight is 287 g/mol. The average Bonchev–Trinajstić information content (AvgIpc) is 2.76. The van der Waals surface area contributed by atoms with Crippen molar-refractivity contribution in [3.63, 3.8) is 0 Å². The molecule has 0 radical (unpaired) electrons. The molecule has 96 valence electrons. The van der Waals surface area contributed by atoms with Crippen LogP contribution in [0.25, 0.3) is 0 Å². The van der Waals surface area contributed by atoms with Crippen molar-refractivity contribution < 1.29 is 8.42 Å². The van der Waals surface area contributed by atoms with Gasteiger partial charge in [-0.25, -0.2) is 8.42 Å². The van der Waals surface area contributed by atoms with Gasteiger partial charge in [-0.2, -0.15) is 5.10 Å². The van der Waals surface area contributed by atoms with E-state index in [9.17, 15) is 8.42 Å². The molecule has 1 aromatic heterocycles. The molecule has 0 atom stereocenters. The number of rotatable bonds is 4. The zero-order valence-corrected chi connectivity index (χ0v) is 11.0. The van der Waals surface area contributed by atoms with Crippen LogP contribution in [0.2, 0.25) is 5.02 Å². The van der Waals surface area contributed by atoms with Gasteiger partial charge in [-0.1, -0.05) is 23.7 Å². The molecule has 0 saturated carbocycles. The lowest BCUT2D eigenvalue weighted by Crippen LogP contribution is -2.29. The van der Waals surface area contributed by atoms with Crippen LogP contribution in [0.4, 0.5) is 5.69 Å². The Labute approximate surface area is 110 Å². The Morgan fingerprint density at radius 1 is 1.33 bits per heavy atom. The number of nitrogens with one attached hydrogen (secondary N) is 2. The van der Waals surface area contributed by atoms with E-state index in [0.717, 1.165) is 0 Å². The highest BCUT2D eigenvalue weighted by atomic mass is 35.5. The molecule has 6 nitrogen and oxygen atoms in total. The van der Waals surface area contributed by atoms with E-state index < -0.39 is 10.0 Å². The van der Waals surface area contributed by atoms with Crippen LogP contribution in [0.3, 0.4) is 0 Å². The molecule has 1 heterocycles. The van der Waals surface area contributed by atoms with Crippen LogP contribution in [0.1, 0.15) is 0 Å². The Hall–Kier alpha value is -1.57. The number of nitrogens with zero attached hydrogens (tertiary/aromatic N) is 2. The number of aryl methyl sites for hydroxylation is 1. The maximum atomic E-state index is 11.9. The first kappa shape index (κ1) is 12.9. The molecule has 18 heavy (non-hydrogen) atoms. The monoisotopic (exact) mass is 286 g/mol. The van der Waals surface area contributed by atoms with Crippen LogP contribution < -0.4 is 10.3 Å². The first-order valence-corrected chi connectivity index (χ1v) is 6.86. The molecule has 2 N–H and O–H groups in total. The van der Waals surface area contributed by atoms with E-state index in [1.165, 1.54) is 17.1 Å². The largest absolute Gasteiger partial charge is 0.306 e. The molecule has 0 saturated heterocycles. The van der Waals surface area contributed by atoms with Crippen molar-refractivity contribution in [3.8, 4) is 0 Å². The normalized spacial score (nSPS) is 11.4. The number of aromatic nitrogens is 2. The van der Waals surface area contributed by atoms with E-state index in [4.69, 9.17) is 11.6 Å². The molecule has 0 fully saturated rings. The predicted molar refractivity (Wildman–Crippen MR) is 68.6 cm³/mol. The maximum Gasteiger partial charge on any atom is 0.260 e. The lowest BCUT2D eigenvalue weighted by atomic mass is 10.3. The summed E-state index contributed by atoms with van der Waals surface area (Å²) >= 11 is 5.89. The maximum absolute atomic E-state index is 11.9. The standard InChI is InChI=1S/C10H11ClN4O2S/c1-15-7-8(6-12-15)18(16,17)14-13-10-5-3-2-4-9(10)11/h2-7,13-14H,1H3. The quantitative estimate of drug-likeness (QED) is 0.833. The number of para-hydroxylation sites is 1. The molecule has 0 aliphatic heterocycles. The van der Waals surface area contributed by atoms with Gasteiger partial charge in [0.15, 0.2) is 0 Å². The Kier molecular flexibility index (Phi) is 3.55. The van der Waals surface area contributed by atoms with Gasteiger partial charge in [0.2, 0.25) is 0 Å². The fourth-order valence-electron chi connectivity index (χ4n) is 1.28. The summed E-state index contributed by atoms with van der Waals surface area (Å²) in [6.45, 7) is 0. The highest BCUT2D eigenvalue weighted by molar-refractivity contribution is 7.89. The van der Waals surface area contributed by atoms with Gasteiger partial charge in [-0.3, -0.25) is 4.68 Å². The second-order valence-corrected chi connectivity index (χ2v) is 5.65. The Balaban J connectivity index is 2.13. The minimum atomic E-state index is -3.66. The van der Waals surface area contributed by atoms with Crippen molar-refractivity contribution in [1.29, 1.82) is 0 Å². The fourth-order valence-corrected chi connectivity index (χ4v) is 2.30. The van der Waals surface area contributed by atoms with Crippen LogP contribution in [-0.4, -0.2) is 18.2 Å². The van der Waals surface area contributed by atoms with Crippen molar-refractivity contribution in [2.24, 2.45) is 7.05 Å². The molecule has 8 heteroatoms. The fraction of sp³-hybridized carbons (Fsp3) is 0.100. The first-order valence-electron chi connectivity index (χ1n) is 5.00. The molecular formula is C10H11ClN4O2S. The number of sulfonamides is 1. The van der Waals surface area contributed by atoms with Gasteiger partial charge in [0.05, 0.1) is 16.9 Å². The third-order valence-corrected chi connectivity index (χ3v) is 3.72. The summed E-state index contributed by atoms with van der Waals surface area (Å²) < 4.78 is 25.1. The number of halogens is 1. The predicted octanol–water partition coefficient (Wildman–Crippen LogP) is 1.38. The summed E-state index contributed by atoms with van der Waals surface area (Å²) in [6, 6.07) is 6.81. The van der Waals surface area contributed by atoms with Gasteiger partial charge in [0.1, 0.15) is 4.90 Å². The Morgan fingerprint density at radius 2 is 2.06 bits per heavy atom. The van der Waals surface area contributed by atoms with Crippen LogP contribution in [0.5, 0.6) is 0 Å². The van der Waals surface area contributed by atoms with Gasteiger partial charge in [-0.15, -0.1) is 4.83 Å². The number of benzene rings is 1. The van der Waals surface area contributed by atoms with Crippen molar-refractivity contribution in [1.82, 2.24) is 14.6 Å². The second-order valence-electron chi connectivity index (χ2n) is 3.56. The van der Waals surface area contributed by atoms with Crippen LogP contribution >= 0.6 is 11.6 Å². The smallest absolute Gasteiger partial charge is 0.260 e. The SMILES string of the molecule is Cn1cc(S(=O)(=O)NNc2ccccc2Cl)cn1. The van der Waals surface area contributed by atoms with Crippen LogP contribution in [0, 0.1) is 0 Å².